The molecule has 0 saturated carbocycles. The Balaban J connectivity index is 1.71. The number of anilines is 1. The highest BCUT2D eigenvalue weighted by atomic mass is 35.5. The Morgan fingerprint density at radius 3 is 2.95 bits per heavy atom. The van der Waals surface area contributed by atoms with E-state index in [-0.39, 0.29) is 17.7 Å². The summed E-state index contributed by atoms with van der Waals surface area (Å²) < 4.78 is 11.5. The molecule has 1 N–H and O–H groups in total. The molecule has 2 aromatic heterocycles. The van der Waals surface area contributed by atoms with Gasteiger partial charge in [0.2, 0.25) is 5.89 Å². The highest BCUT2D eigenvalue weighted by Gasteiger charge is 2.24. The molecule has 2 aromatic rings. The molecule has 1 fully saturated rings. The molecule has 1 unspecified atom stereocenters. The molecular weight excluding hydrogens is 325 g/mol. The average molecular weight is 334 g/mol. The van der Waals surface area contributed by atoms with E-state index in [1.807, 2.05) is 0 Å². The maximum absolute atomic E-state index is 12.0. The summed E-state index contributed by atoms with van der Waals surface area (Å²) in [6.45, 7) is 0.678. The quantitative estimate of drug-likeness (QED) is 0.929. The van der Waals surface area contributed by atoms with Crippen molar-refractivity contribution in [2.75, 3.05) is 11.9 Å². The highest BCUT2D eigenvalue weighted by molar-refractivity contribution is 7.20. The molecule has 0 bridgehead atoms. The van der Waals surface area contributed by atoms with Crippen LogP contribution < -0.4 is 5.32 Å². The van der Waals surface area contributed by atoms with E-state index in [2.05, 4.69) is 15.5 Å². The molecule has 1 amide bonds. The van der Waals surface area contributed by atoms with Gasteiger partial charge in [-0.1, -0.05) is 28.3 Å². The number of rotatable bonds is 3. The lowest BCUT2D eigenvalue weighted by Gasteiger charge is -2.02. The van der Waals surface area contributed by atoms with Crippen LogP contribution in [0.2, 0.25) is 8.67 Å². The number of hydrogen-bond acceptors (Lipinski definition) is 6. The molecule has 0 aromatic carbocycles. The van der Waals surface area contributed by atoms with Gasteiger partial charge in [0, 0.05) is 6.61 Å². The maximum Gasteiger partial charge on any atom is 0.322 e. The molecule has 0 radical (unpaired) electrons. The summed E-state index contributed by atoms with van der Waals surface area (Å²) in [6.07, 6.45) is 1.60. The van der Waals surface area contributed by atoms with Crippen molar-refractivity contribution in [3.8, 4) is 0 Å². The second kappa shape index (κ2) is 5.69. The van der Waals surface area contributed by atoms with E-state index in [9.17, 15) is 4.79 Å². The van der Waals surface area contributed by atoms with Gasteiger partial charge in [0.05, 0.1) is 9.90 Å². The molecule has 106 valence electrons. The summed E-state index contributed by atoms with van der Waals surface area (Å²) in [5.41, 5.74) is 0.276. The number of halogens is 2. The zero-order chi connectivity index (χ0) is 14.1. The van der Waals surface area contributed by atoms with Gasteiger partial charge in [-0.3, -0.25) is 10.1 Å². The number of carbonyl (C=O) groups excluding carboxylic acids is 1. The lowest BCUT2D eigenvalue weighted by atomic mass is 10.2. The number of hydrogen-bond donors (Lipinski definition) is 1. The molecule has 0 aliphatic carbocycles. The third-order valence-electron chi connectivity index (χ3n) is 2.77. The zero-order valence-corrected chi connectivity index (χ0v) is 12.4. The Kier molecular flexibility index (Phi) is 3.93. The van der Waals surface area contributed by atoms with E-state index < -0.39 is 5.91 Å². The lowest BCUT2D eigenvalue weighted by Crippen LogP contribution is -2.11. The Labute approximate surface area is 128 Å². The van der Waals surface area contributed by atoms with Gasteiger partial charge in [-0.2, -0.15) is 0 Å². The molecular formula is C11H9Cl2N3O3S. The monoisotopic (exact) mass is 333 g/mol. The van der Waals surface area contributed by atoms with Crippen molar-refractivity contribution in [3.05, 3.63) is 26.2 Å². The van der Waals surface area contributed by atoms with Gasteiger partial charge in [0.1, 0.15) is 10.4 Å². The van der Waals surface area contributed by atoms with Crippen LogP contribution in [0.15, 0.2) is 10.5 Å². The fourth-order valence-corrected chi connectivity index (χ4v) is 3.31. The maximum atomic E-state index is 12.0. The SMILES string of the molecule is O=C(Nc1nnc(C2CCCO2)o1)c1cc(Cl)sc1Cl. The average Bonchev–Trinajstić information content (AvgIpc) is 3.09. The fourth-order valence-electron chi connectivity index (χ4n) is 1.85. The summed E-state index contributed by atoms with van der Waals surface area (Å²) >= 11 is 12.8. The molecule has 3 rings (SSSR count). The molecule has 1 atom stereocenters. The van der Waals surface area contributed by atoms with E-state index in [1.165, 1.54) is 6.07 Å². The van der Waals surface area contributed by atoms with E-state index >= 15 is 0 Å². The molecule has 6 nitrogen and oxygen atoms in total. The number of nitrogens with one attached hydrogen (secondary N) is 1. The van der Waals surface area contributed by atoms with Crippen LogP contribution in [0.25, 0.3) is 0 Å². The Morgan fingerprint density at radius 1 is 1.45 bits per heavy atom. The molecule has 1 saturated heterocycles. The second-order valence-corrected chi connectivity index (χ2v) is 6.42. The van der Waals surface area contributed by atoms with Crippen molar-refractivity contribution in [2.24, 2.45) is 0 Å². The zero-order valence-electron chi connectivity index (χ0n) is 10.1. The fraction of sp³-hybridized carbons (Fsp3) is 0.364. The van der Waals surface area contributed by atoms with Gasteiger partial charge in [0.25, 0.3) is 5.91 Å². The first-order chi connectivity index (χ1) is 9.63. The van der Waals surface area contributed by atoms with Crippen LogP contribution in [0.1, 0.15) is 35.2 Å². The summed E-state index contributed by atoms with van der Waals surface area (Å²) in [5, 5.41) is 10.1. The van der Waals surface area contributed by atoms with Crippen LogP contribution in [0, 0.1) is 0 Å². The molecule has 1 aliphatic rings. The Hall–Kier alpha value is -1.15. The van der Waals surface area contributed by atoms with E-state index in [0.29, 0.717) is 21.2 Å². The number of carbonyl (C=O) groups is 1. The van der Waals surface area contributed by atoms with E-state index in [0.717, 1.165) is 24.2 Å². The summed E-state index contributed by atoms with van der Waals surface area (Å²) in [4.78, 5) is 12.0. The van der Waals surface area contributed by atoms with Crippen LogP contribution in [-0.2, 0) is 4.74 Å². The van der Waals surface area contributed by atoms with Crippen LogP contribution >= 0.6 is 34.5 Å². The standard InChI is InChI=1S/C11H9Cl2N3O3S/c12-7-4-5(8(13)20-7)9(17)14-11-16-15-10(19-11)6-2-1-3-18-6/h4,6H,1-3H2,(H,14,16,17). The minimum atomic E-state index is -0.444. The predicted octanol–water partition coefficient (Wildman–Crippen LogP) is 3.54. The van der Waals surface area contributed by atoms with E-state index in [1.54, 1.807) is 0 Å². The number of ether oxygens (including phenoxy) is 1. The smallest absolute Gasteiger partial charge is 0.322 e. The number of nitrogens with zero attached hydrogens (tertiary/aromatic N) is 2. The molecule has 1 aliphatic heterocycles. The molecule has 9 heteroatoms. The Bertz CT molecular complexity index is 637. The van der Waals surface area contributed by atoms with Crippen molar-refractivity contribution in [2.45, 2.75) is 18.9 Å². The van der Waals surface area contributed by atoms with Crippen molar-refractivity contribution in [1.29, 1.82) is 0 Å². The van der Waals surface area contributed by atoms with Gasteiger partial charge in [-0.15, -0.1) is 16.4 Å². The largest absolute Gasteiger partial charge is 0.405 e. The normalized spacial score (nSPS) is 18.4. The summed E-state index contributed by atoms with van der Waals surface area (Å²) in [5.74, 6) is -0.0760. The van der Waals surface area contributed by atoms with Gasteiger partial charge >= 0.3 is 6.01 Å². The predicted molar refractivity (Wildman–Crippen MR) is 74.5 cm³/mol. The van der Waals surface area contributed by atoms with Crippen molar-refractivity contribution < 1.29 is 13.9 Å². The lowest BCUT2D eigenvalue weighted by molar-refractivity contribution is 0.0893. The first kappa shape index (κ1) is 13.8. The van der Waals surface area contributed by atoms with Gasteiger partial charge in [-0.05, 0) is 18.9 Å². The van der Waals surface area contributed by atoms with Crippen molar-refractivity contribution in [3.63, 3.8) is 0 Å². The Morgan fingerprint density at radius 2 is 2.30 bits per heavy atom. The first-order valence-electron chi connectivity index (χ1n) is 5.84. The summed E-state index contributed by atoms with van der Waals surface area (Å²) in [6, 6.07) is 1.50. The van der Waals surface area contributed by atoms with Crippen LogP contribution in [-0.4, -0.2) is 22.7 Å². The van der Waals surface area contributed by atoms with Crippen LogP contribution in [0.5, 0.6) is 0 Å². The third-order valence-corrected chi connectivity index (χ3v) is 4.26. The van der Waals surface area contributed by atoms with E-state index in [4.69, 9.17) is 32.4 Å². The summed E-state index contributed by atoms with van der Waals surface area (Å²) in [7, 11) is 0. The van der Waals surface area contributed by atoms with Crippen molar-refractivity contribution >= 4 is 46.5 Å². The van der Waals surface area contributed by atoms with Gasteiger partial charge < -0.3 is 9.15 Å². The third kappa shape index (κ3) is 2.80. The number of aromatic nitrogens is 2. The second-order valence-electron chi connectivity index (χ2n) is 4.14. The first-order valence-corrected chi connectivity index (χ1v) is 7.42. The van der Waals surface area contributed by atoms with Crippen LogP contribution in [0.4, 0.5) is 6.01 Å². The number of thiophene rings is 1. The number of amides is 1. The highest BCUT2D eigenvalue weighted by Crippen LogP contribution is 2.32. The van der Waals surface area contributed by atoms with Crippen LogP contribution in [0.3, 0.4) is 0 Å². The van der Waals surface area contributed by atoms with Gasteiger partial charge in [-0.25, -0.2) is 0 Å². The molecule has 3 heterocycles. The molecule has 20 heavy (non-hydrogen) atoms. The minimum absolute atomic E-state index is 0.0129. The van der Waals surface area contributed by atoms with Crippen molar-refractivity contribution in [1.82, 2.24) is 10.2 Å². The topological polar surface area (TPSA) is 77.2 Å². The van der Waals surface area contributed by atoms with Gasteiger partial charge in [0.15, 0.2) is 0 Å². The molecule has 0 spiro atoms. The minimum Gasteiger partial charge on any atom is -0.405 e.